The van der Waals surface area contributed by atoms with Gasteiger partial charge in [-0.2, -0.15) is 0 Å². The maximum atomic E-state index is 10.5. The topological polar surface area (TPSA) is 69.9 Å². The molecule has 4 nitrogen and oxygen atoms in total. The summed E-state index contributed by atoms with van der Waals surface area (Å²) in [6.45, 7) is 0. The average molecular weight is 283 g/mol. The van der Waals surface area contributed by atoms with Crippen molar-refractivity contribution < 1.29 is 15.0 Å². The number of benzene rings is 2. The van der Waals surface area contributed by atoms with Gasteiger partial charge in [0, 0.05) is 18.2 Å². The van der Waals surface area contributed by atoms with Gasteiger partial charge in [0.25, 0.3) is 0 Å². The third-order valence-corrected chi connectivity index (χ3v) is 3.08. The fraction of sp³-hybridized carbons (Fsp3) is 0.176. The van der Waals surface area contributed by atoms with E-state index in [1.54, 1.807) is 24.4 Å². The Kier molecular flexibility index (Phi) is 5.10. The number of para-hydroxylation sites is 1. The van der Waals surface area contributed by atoms with Crippen LogP contribution in [0.15, 0.2) is 53.5 Å². The van der Waals surface area contributed by atoms with Crippen LogP contribution in [-0.4, -0.2) is 22.4 Å². The molecule has 0 fully saturated rings. The molecule has 0 aromatic heterocycles. The Labute approximate surface area is 123 Å². The molecule has 2 aromatic rings. The van der Waals surface area contributed by atoms with Crippen molar-refractivity contribution in [3.05, 3.63) is 59.7 Å². The van der Waals surface area contributed by atoms with Gasteiger partial charge in [0.15, 0.2) is 0 Å². The molecular weight excluding hydrogens is 266 g/mol. The van der Waals surface area contributed by atoms with Crippen molar-refractivity contribution in [2.45, 2.75) is 19.3 Å². The minimum absolute atomic E-state index is 0.188. The number of aryl methyl sites for hydroxylation is 1. The summed E-state index contributed by atoms with van der Waals surface area (Å²) in [5.74, 6) is -0.564. The van der Waals surface area contributed by atoms with Crippen LogP contribution < -0.4 is 0 Å². The van der Waals surface area contributed by atoms with Gasteiger partial charge in [0.2, 0.25) is 0 Å². The zero-order chi connectivity index (χ0) is 15.1. The van der Waals surface area contributed by atoms with E-state index in [0.29, 0.717) is 12.0 Å². The van der Waals surface area contributed by atoms with Crippen LogP contribution in [0.25, 0.3) is 0 Å². The smallest absolute Gasteiger partial charge is 0.303 e. The summed E-state index contributed by atoms with van der Waals surface area (Å²) in [7, 11) is 0. The Morgan fingerprint density at radius 3 is 2.48 bits per heavy atom. The number of carboxylic acids is 1. The fourth-order valence-electron chi connectivity index (χ4n) is 1.93. The maximum absolute atomic E-state index is 10.5. The van der Waals surface area contributed by atoms with Crippen LogP contribution in [0.5, 0.6) is 5.75 Å². The van der Waals surface area contributed by atoms with Gasteiger partial charge >= 0.3 is 5.97 Å². The van der Waals surface area contributed by atoms with Gasteiger partial charge in [0.1, 0.15) is 5.75 Å². The van der Waals surface area contributed by atoms with Gasteiger partial charge in [-0.25, -0.2) is 0 Å². The number of aromatic hydroxyl groups is 1. The number of carboxylic acid groups (broad SMARTS) is 1. The summed E-state index contributed by atoms with van der Waals surface area (Å²) in [6.07, 6.45) is 3.19. The van der Waals surface area contributed by atoms with Gasteiger partial charge in [-0.05, 0) is 42.7 Å². The van der Waals surface area contributed by atoms with Crippen LogP contribution in [0.1, 0.15) is 24.0 Å². The van der Waals surface area contributed by atoms with E-state index in [1.807, 2.05) is 30.3 Å². The number of aliphatic imine (C=N–C) groups is 1. The zero-order valence-electron chi connectivity index (χ0n) is 11.6. The van der Waals surface area contributed by atoms with Crippen LogP contribution in [0.4, 0.5) is 5.69 Å². The first-order valence-corrected chi connectivity index (χ1v) is 6.78. The second-order valence-corrected chi connectivity index (χ2v) is 4.73. The Bertz CT molecular complexity index is 633. The molecule has 2 aromatic carbocycles. The molecule has 4 heteroatoms. The molecule has 2 rings (SSSR count). The molecular formula is C17H17NO3. The van der Waals surface area contributed by atoms with Gasteiger partial charge in [-0.15, -0.1) is 0 Å². The molecule has 0 heterocycles. The summed E-state index contributed by atoms with van der Waals surface area (Å²) >= 11 is 0. The van der Waals surface area contributed by atoms with Gasteiger partial charge in [0.05, 0.1) is 5.69 Å². The molecule has 0 aliphatic heterocycles. The van der Waals surface area contributed by atoms with Crippen molar-refractivity contribution in [3.63, 3.8) is 0 Å². The quantitative estimate of drug-likeness (QED) is 0.796. The third-order valence-electron chi connectivity index (χ3n) is 3.08. The summed E-state index contributed by atoms with van der Waals surface area (Å²) < 4.78 is 0. The highest BCUT2D eigenvalue weighted by atomic mass is 16.4. The number of hydrogen-bond acceptors (Lipinski definition) is 3. The van der Waals surface area contributed by atoms with E-state index in [1.165, 1.54) is 0 Å². The number of aliphatic carboxylic acids is 1. The molecule has 0 aliphatic carbocycles. The zero-order valence-corrected chi connectivity index (χ0v) is 11.6. The van der Waals surface area contributed by atoms with Crippen molar-refractivity contribution in [2.75, 3.05) is 0 Å². The predicted octanol–water partition coefficient (Wildman–Crippen LogP) is 3.55. The maximum Gasteiger partial charge on any atom is 0.303 e. The van der Waals surface area contributed by atoms with Gasteiger partial charge in [-0.3, -0.25) is 9.79 Å². The summed E-state index contributed by atoms with van der Waals surface area (Å²) in [4.78, 5) is 14.8. The fourth-order valence-corrected chi connectivity index (χ4v) is 1.93. The standard InChI is InChI=1S/C17H17NO3/c19-16-6-2-1-5-14(16)12-18-15-10-8-13(9-11-15)4-3-7-17(20)21/h1-2,5-6,8-12,19H,3-4,7H2,(H,20,21). The molecule has 0 amide bonds. The van der Waals surface area contributed by atoms with Gasteiger partial charge < -0.3 is 10.2 Å². The normalized spacial score (nSPS) is 10.9. The molecule has 0 atom stereocenters. The Hall–Kier alpha value is -2.62. The second-order valence-electron chi connectivity index (χ2n) is 4.73. The van der Waals surface area contributed by atoms with E-state index in [2.05, 4.69) is 4.99 Å². The minimum atomic E-state index is -0.765. The summed E-state index contributed by atoms with van der Waals surface area (Å²) in [5.41, 5.74) is 2.56. The van der Waals surface area contributed by atoms with Gasteiger partial charge in [-0.1, -0.05) is 24.3 Å². The van der Waals surface area contributed by atoms with Crippen molar-refractivity contribution in [2.24, 2.45) is 4.99 Å². The largest absolute Gasteiger partial charge is 0.507 e. The Morgan fingerprint density at radius 1 is 1.10 bits per heavy atom. The molecule has 0 radical (unpaired) electrons. The highest BCUT2D eigenvalue weighted by Gasteiger charge is 1.99. The molecule has 0 aliphatic rings. The van der Waals surface area contributed by atoms with Crippen molar-refractivity contribution in [1.29, 1.82) is 0 Å². The first-order chi connectivity index (χ1) is 10.1. The SMILES string of the molecule is O=C(O)CCCc1ccc(N=Cc2ccccc2O)cc1. The Balaban J connectivity index is 1.96. The molecule has 0 saturated carbocycles. The molecule has 21 heavy (non-hydrogen) atoms. The van der Waals surface area contributed by atoms with Crippen LogP contribution in [0.3, 0.4) is 0 Å². The monoisotopic (exact) mass is 283 g/mol. The van der Waals surface area contributed by atoms with E-state index in [0.717, 1.165) is 17.7 Å². The molecule has 0 unspecified atom stereocenters. The number of phenolic OH excluding ortho intramolecular Hbond substituents is 1. The number of nitrogens with zero attached hydrogens (tertiary/aromatic N) is 1. The number of phenols is 1. The van der Waals surface area contributed by atoms with Crippen molar-refractivity contribution in [3.8, 4) is 5.75 Å². The van der Waals surface area contributed by atoms with E-state index in [9.17, 15) is 9.90 Å². The van der Waals surface area contributed by atoms with E-state index >= 15 is 0 Å². The number of rotatable bonds is 6. The average Bonchev–Trinajstić information content (AvgIpc) is 2.47. The first-order valence-electron chi connectivity index (χ1n) is 6.78. The van der Waals surface area contributed by atoms with E-state index in [-0.39, 0.29) is 12.2 Å². The highest BCUT2D eigenvalue weighted by Crippen LogP contribution is 2.17. The second kappa shape index (κ2) is 7.24. The molecule has 2 N–H and O–H groups in total. The Morgan fingerprint density at radius 2 is 1.81 bits per heavy atom. The van der Waals surface area contributed by atoms with Crippen LogP contribution >= 0.6 is 0 Å². The van der Waals surface area contributed by atoms with Crippen molar-refractivity contribution >= 4 is 17.9 Å². The third kappa shape index (κ3) is 4.76. The molecule has 0 spiro atoms. The molecule has 108 valence electrons. The summed E-state index contributed by atoms with van der Waals surface area (Å²) in [6, 6.07) is 14.7. The lowest BCUT2D eigenvalue weighted by Gasteiger charge is -2.01. The van der Waals surface area contributed by atoms with E-state index in [4.69, 9.17) is 5.11 Å². The number of hydrogen-bond donors (Lipinski definition) is 2. The first kappa shape index (κ1) is 14.8. The lowest BCUT2D eigenvalue weighted by atomic mass is 10.1. The van der Waals surface area contributed by atoms with E-state index < -0.39 is 5.97 Å². The minimum Gasteiger partial charge on any atom is -0.507 e. The molecule has 0 saturated heterocycles. The number of carbonyl (C=O) groups is 1. The molecule has 0 bridgehead atoms. The van der Waals surface area contributed by atoms with Crippen LogP contribution in [0.2, 0.25) is 0 Å². The lowest BCUT2D eigenvalue weighted by Crippen LogP contribution is -1.95. The predicted molar refractivity (Wildman–Crippen MR) is 82.4 cm³/mol. The van der Waals surface area contributed by atoms with Crippen molar-refractivity contribution in [1.82, 2.24) is 0 Å². The lowest BCUT2D eigenvalue weighted by molar-refractivity contribution is -0.137. The van der Waals surface area contributed by atoms with Crippen LogP contribution in [0, 0.1) is 0 Å². The van der Waals surface area contributed by atoms with Crippen LogP contribution in [-0.2, 0) is 11.2 Å². The summed E-state index contributed by atoms with van der Waals surface area (Å²) in [5, 5.41) is 18.2. The highest BCUT2D eigenvalue weighted by molar-refractivity contribution is 5.85.